The van der Waals surface area contributed by atoms with Crippen molar-refractivity contribution in [2.24, 2.45) is 0 Å². The molecule has 0 aliphatic carbocycles. The number of nitrogens with zero attached hydrogens (tertiary/aromatic N) is 2. The second kappa shape index (κ2) is 4.90. The molecule has 92 valence electrons. The Kier molecular flexibility index (Phi) is 2.94. The third-order valence-electron chi connectivity index (χ3n) is 2.93. The Hall–Kier alpha value is -2.68. The third kappa shape index (κ3) is 2.45. The first-order valence-corrected chi connectivity index (χ1v) is 6.06. The predicted molar refractivity (Wildman–Crippen MR) is 77.3 cm³/mol. The zero-order valence-electron chi connectivity index (χ0n) is 10.3. The summed E-state index contributed by atoms with van der Waals surface area (Å²) in [6, 6.07) is 17.6. The van der Waals surface area contributed by atoms with Gasteiger partial charge >= 0.3 is 0 Å². The van der Waals surface area contributed by atoms with Crippen molar-refractivity contribution < 1.29 is 0 Å². The maximum Gasteiger partial charge on any atom is 0.0892 e. The lowest BCUT2D eigenvalue weighted by Gasteiger charge is -2.05. The summed E-state index contributed by atoms with van der Waals surface area (Å²) in [4.78, 5) is 8.68. The van der Waals surface area contributed by atoms with Crippen LogP contribution >= 0.6 is 0 Å². The van der Waals surface area contributed by atoms with Gasteiger partial charge in [0.1, 0.15) is 0 Å². The van der Waals surface area contributed by atoms with E-state index in [-0.39, 0.29) is 0 Å². The van der Waals surface area contributed by atoms with Gasteiger partial charge in [0.15, 0.2) is 0 Å². The molecule has 0 saturated heterocycles. The molecular weight excluding hydrogens is 234 g/mol. The van der Waals surface area contributed by atoms with Crippen LogP contribution in [0.3, 0.4) is 0 Å². The summed E-state index contributed by atoms with van der Waals surface area (Å²) < 4.78 is 0. The summed E-state index contributed by atoms with van der Waals surface area (Å²) in [5, 5.41) is 0. The summed E-state index contributed by atoms with van der Waals surface area (Å²) in [6.45, 7) is 0. The fourth-order valence-electron chi connectivity index (χ4n) is 1.94. The molecule has 0 atom stereocenters. The highest BCUT2D eigenvalue weighted by molar-refractivity contribution is 5.69. The van der Waals surface area contributed by atoms with E-state index in [0.29, 0.717) is 0 Å². The molecule has 3 nitrogen and oxygen atoms in total. The molecule has 0 bridgehead atoms. The average molecular weight is 247 g/mol. The molecule has 0 unspecified atom stereocenters. The van der Waals surface area contributed by atoms with Crippen LogP contribution in [0.5, 0.6) is 0 Å². The van der Waals surface area contributed by atoms with Crippen molar-refractivity contribution in [3.8, 4) is 22.5 Å². The number of anilines is 1. The molecule has 3 heteroatoms. The SMILES string of the molecule is Nc1ccc(-c2ccnc(-c3ccccn3)c2)cc1. The van der Waals surface area contributed by atoms with Crippen LogP contribution in [0, 0.1) is 0 Å². The fraction of sp³-hybridized carbons (Fsp3) is 0. The second-order valence-electron chi connectivity index (χ2n) is 4.27. The van der Waals surface area contributed by atoms with Gasteiger partial charge in [0.2, 0.25) is 0 Å². The quantitative estimate of drug-likeness (QED) is 0.706. The standard InChI is InChI=1S/C16H13N3/c17-14-6-4-12(5-7-14)13-8-10-19-16(11-13)15-3-1-2-9-18-15/h1-11H,17H2. The summed E-state index contributed by atoms with van der Waals surface area (Å²) in [5.41, 5.74) is 10.4. The van der Waals surface area contributed by atoms with Crippen molar-refractivity contribution in [3.05, 3.63) is 67.0 Å². The number of pyridine rings is 2. The largest absolute Gasteiger partial charge is 0.399 e. The van der Waals surface area contributed by atoms with Gasteiger partial charge in [-0.1, -0.05) is 18.2 Å². The predicted octanol–water partition coefficient (Wildman–Crippen LogP) is 3.39. The van der Waals surface area contributed by atoms with Crippen LogP contribution < -0.4 is 5.73 Å². The first-order valence-electron chi connectivity index (χ1n) is 6.06. The molecule has 0 aliphatic heterocycles. The maximum absolute atomic E-state index is 5.70. The van der Waals surface area contributed by atoms with Crippen LogP contribution in [0.1, 0.15) is 0 Å². The lowest BCUT2D eigenvalue weighted by molar-refractivity contribution is 1.25. The molecule has 0 radical (unpaired) electrons. The zero-order valence-corrected chi connectivity index (χ0v) is 10.3. The number of hydrogen-bond acceptors (Lipinski definition) is 3. The van der Waals surface area contributed by atoms with E-state index >= 15 is 0 Å². The van der Waals surface area contributed by atoms with E-state index in [1.165, 1.54) is 0 Å². The number of nitrogen functional groups attached to an aromatic ring is 1. The minimum Gasteiger partial charge on any atom is -0.399 e. The first-order chi connectivity index (χ1) is 9.33. The van der Waals surface area contributed by atoms with Crippen molar-refractivity contribution in [2.45, 2.75) is 0 Å². The molecule has 3 rings (SSSR count). The Labute approximate surface area is 111 Å². The van der Waals surface area contributed by atoms with Crippen LogP contribution in [-0.4, -0.2) is 9.97 Å². The minimum absolute atomic E-state index is 0.766. The van der Waals surface area contributed by atoms with Gasteiger partial charge in [-0.25, -0.2) is 0 Å². The van der Waals surface area contributed by atoms with Crippen LogP contribution in [0.25, 0.3) is 22.5 Å². The molecule has 2 N–H and O–H groups in total. The Morgan fingerprint density at radius 1 is 0.684 bits per heavy atom. The Morgan fingerprint density at radius 2 is 1.47 bits per heavy atom. The van der Waals surface area contributed by atoms with Gasteiger partial charge in [0.05, 0.1) is 11.4 Å². The highest BCUT2D eigenvalue weighted by atomic mass is 14.8. The van der Waals surface area contributed by atoms with E-state index in [1.807, 2.05) is 54.6 Å². The maximum atomic E-state index is 5.70. The number of aromatic nitrogens is 2. The van der Waals surface area contributed by atoms with Crippen molar-refractivity contribution in [3.63, 3.8) is 0 Å². The van der Waals surface area contributed by atoms with E-state index in [2.05, 4.69) is 9.97 Å². The van der Waals surface area contributed by atoms with Crippen molar-refractivity contribution in [1.82, 2.24) is 9.97 Å². The summed E-state index contributed by atoms with van der Waals surface area (Å²) >= 11 is 0. The summed E-state index contributed by atoms with van der Waals surface area (Å²) in [5.74, 6) is 0. The normalized spacial score (nSPS) is 10.3. The lowest BCUT2D eigenvalue weighted by atomic mass is 10.0. The zero-order chi connectivity index (χ0) is 13.1. The molecular formula is C16H13N3. The van der Waals surface area contributed by atoms with E-state index in [9.17, 15) is 0 Å². The minimum atomic E-state index is 0.766. The Morgan fingerprint density at radius 3 is 2.21 bits per heavy atom. The molecule has 19 heavy (non-hydrogen) atoms. The van der Waals surface area contributed by atoms with Crippen molar-refractivity contribution >= 4 is 5.69 Å². The number of rotatable bonds is 2. The molecule has 2 heterocycles. The van der Waals surface area contributed by atoms with Crippen LogP contribution in [-0.2, 0) is 0 Å². The molecule has 3 aromatic rings. The van der Waals surface area contributed by atoms with E-state index in [0.717, 1.165) is 28.2 Å². The van der Waals surface area contributed by atoms with Crippen LogP contribution in [0.15, 0.2) is 67.0 Å². The molecule has 0 aliphatic rings. The summed E-state index contributed by atoms with van der Waals surface area (Å²) in [7, 11) is 0. The molecule has 0 saturated carbocycles. The fourth-order valence-corrected chi connectivity index (χ4v) is 1.94. The van der Waals surface area contributed by atoms with Gasteiger partial charge in [-0.05, 0) is 47.5 Å². The Bertz CT molecular complexity index is 676. The number of benzene rings is 1. The van der Waals surface area contributed by atoms with Crippen LogP contribution in [0.4, 0.5) is 5.69 Å². The van der Waals surface area contributed by atoms with Gasteiger partial charge < -0.3 is 5.73 Å². The second-order valence-corrected chi connectivity index (χ2v) is 4.27. The highest BCUT2D eigenvalue weighted by Gasteiger charge is 2.03. The highest BCUT2D eigenvalue weighted by Crippen LogP contribution is 2.24. The van der Waals surface area contributed by atoms with Crippen LogP contribution in [0.2, 0.25) is 0 Å². The van der Waals surface area contributed by atoms with Gasteiger partial charge in [0, 0.05) is 18.1 Å². The monoisotopic (exact) mass is 247 g/mol. The molecule has 1 aromatic carbocycles. The molecule has 0 amide bonds. The molecule has 0 fully saturated rings. The van der Waals surface area contributed by atoms with Gasteiger partial charge in [-0.15, -0.1) is 0 Å². The van der Waals surface area contributed by atoms with E-state index in [4.69, 9.17) is 5.73 Å². The average Bonchev–Trinajstić information content (AvgIpc) is 2.49. The van der Waals surface area contributed by atoms with E-state index in [1.54, 1.807) is 12.4 Å². The third-order valence-corrected chi connectivity index (χ3v) is 2.93. The molecule has 2 aromatic heterocycles. The Balaban J connectivity index is 2.03. The summed E-state index contributed by atoms with van der Waals surface area (Å²) in [6.07, 6.45) is 3.57. The van der Waals surface area contributed by atoms with Crippen molar-refractivity contribution in [1.29, 1.82) is 0 Å². The lowest BCUT2D eigenvalue weighted by Crippen LogP contribution is -1.88. The molecule has 0 spiro atoms. The topological polar surface area (TPSA) is 51.8 Å². The van der Waals surface area contributed by atoms with Gasteiger partial charge in [-0.2, -0.15) is 0 Å². The first kappa shape index (κ1) is 11.4. The number of hydrogen-bond donors (Lipinski definition) is 1. The van der Waals surface area contributed by atoms with E-state index < -0.39 is 0 Å². The van der Waals surface area contributed by atoms with Crippen molar-refractivity contribution in [2.75, 3.05) is 5.73 Å². The van der Waals surface area contributed by atoms with Gasteiger partial charge in [0.25, 0.3) is 0 Å². The number of nitrogens with two attached hydrogens (primary N) is 1. The van der Waals surface area contributed by atoms with Gasteiger partial charge in [-0.3, -0.25) is 9.97 Å². The smallest absolute Gasteiger partial charge is 0.0892 e.